The predicted octanol–water partition coefficient (Wildman–Crippen LogP) is 2.30. The molecule has 2 rings (SSSR count). The monoisotopic (exact) mass is 235 g/mol. The number of allylic oxidation sites excluding steroid dienone is 1. The standard InChI is InChI=1S/C6H6INO/c1-2-9-6-4-8-7-3-5(1)6/h3-4H,1-2H2. The highest BCUT2D eigenvalue weighted by Gasteiger charge is 2.15. The highest BCUT2D eigenvalue weighted by molar-refractivity contribution is 14.2. The van der Waals surface area contributed by atoms with Gasteiger partial charge in [0.2, 0.25) is 0 Å². The fourth-order valence-corrected chi connectivity index (χ4v) is 2.40. The normalized spacial score (nSPS) is 23.1. The molecule has 2 heterocycles. The minimum Gasteiger partial charge on any atom is -0.491 e. The summed E-state index contributed by atoms with van der Waals surface area (Å²) in [5.74, 6) is 1.01. The smallest absolute Gasteiger partial charge is 0.141 e. The van der Waals surface area contributed by atoms with Crippen LogP contribution < -0.4 is 0 Å². The molecule has 0 aliphatic carbocycles. The predicted molar refractivity (Wildman–Crippen MR) is 43.2 cm³/mol. The van der Waals surface area contributed by atoms with Gasteiger partial charge in [0.05, 0.1) is 12.8 Å². The maximum absolute atomic E-state index is 5.27. The van der Waals surface area contributed by atoms with Gasteiger partial charge in [-0.25, -0.2) is 3.15 Å². The molecule has 0 spiro atoms. The third kappa shape index (κ3) is 0.933. The van der Waals surface area contributed by atoms with Gasteiger partial charge < -0.3 is 4.74 Å². The first-order valence-corrected chi connectivity index (χ1v) is 5.03. The molecular weight excluding hydrogens is 229 g/mol. The average molecular weight is 235 g/mol. The zero-order valence-electron chi connectivity index (χ0n) is 4.80. The maximum atomic E-state index is 5.27. The van der Waals surface area contributed by atoms with E-state index in [1.165, 1.54) is 5.57 Å². The molecule has 0 radical (unpaired) electrons. The highest BCUT2D eigenvalue weighted by atomic mass is 127. The molecule has 2 nitrogen and oxygen atoms in total. The van der Waals surface area contributed by atoms with Crippen LogP contribution in [-0.2, 0) is 4.74 Å². The second kappa shape index (κ2) is 2.21. The van der Waals surface area contributed by atoms with Gasteiger partial charge in [-0.1, -0.05) is 0 Å². The Kier molecular flexibility index (Phi) is 1.37. The van der Waals surface area contributed by atoms with Crippen molar-refractivity contribution < 1.29 is 4.74 Å². The third-order valence-electron chi connectivity index (χ3n) is 1.35. The first-order valence-electron chi connectivity index (χ1n) is 2.82. The lowest BCUT2D eigenvalue weighted by Crippen LogP contribution is -1.79. The Hall–Kier alpha value is -0.190. The summed E-state index contributed by atoms with van der Waals surface area (Å²) in [6.45, 7) is 0.858. The minimum absolute atomic E-state index is 0.0125. The van der Waals surface area contributed by atoms with E-state index in [2.05, 4.69) is 7.23 Å². The first kappa shape index (κ1) is 5.58. The SMILES string of the molecule is C1=C2CCOC2=CN=I1. The zero-order chi connectivity index (χ0) is 6.10. The van der Waals surface area contributed by atoms with Gasteiger partial charge in [0.15, 0.2) is 0 Å². The Morgan fingerprint density at radius 1 is 1.67 bits per heavy atom. The second-order valence-electron chi connectivity index (χ2n) is 1.92. The van der Waals surface area contributed by atoms with E-state index in [1.807, 2.05) is 6.20 Å². The number of rotatable bonds is 0. The van der Waals surface area contributed by atoms with Gasteiger partial charge in [0, 0.05) is 33.0 Å². The van der Waals surface area contributed by atoms with Crippen LogP contribution in [0.5, 0.6) is 0 Å². The summed E-state index contributed by atoms with van der Waals surface area (Å²) in [6.07, 6.45) is 2.97. The lowest BCUT2D eigenvalue weighted by molar-refractivity contribution is 0.265. The molecule has 0 saturated carbocycles. The van der Waals surface area contributed by atoms with Gasteiger partial charge in [-0.15, -0.1) is 0 Å². The lowest BCUT2D eigenvalue weighted by atomic mass is 10.2. The maximum Gasteiger partial charge on any atom is 0.141 e. The van der Waals surface area contributed by atoms with Crippen molar-refractivity contribution in [3.05, 3.63) is 21.6 Å². The Balaban J connectivity index is 2.42. The van der Waals surface area contributed by atoms with E-state index in [9.17, 15) is 0 Å². The number of nitrogens with zero attached hydrogens (tertiary/aromatic N) is 1. The molecule has 0 unspecified atom stereocenters. The van der Waals surface area contributed by atoms with E-state index in [4.69, 9.17) is 4.74 Å². The van der Waals surface area contributed by atoms with Crippen LogP contribution in [-0.4, -0.2) is 6.61 Å². The Morgan fingerprint density at radius 3 is 3.56 bits per heavy atom. The van der Waals surface area contributed by atoms with Crippen molar-refractivity contribution in [2.45, 2.75) is 6.42 Å². The zero-order valence-corrected chi connectivity index (χ0v) is 6.96. The second-order valence-corrected chi connectivity index (χ2v) is 3.66. The summed E-state index contributed by atoms with van der Waals surface area (Å²) in [6, 6.07) is 0. The van der Waals surface area contributed by atoms with E-state index >= 15 is 0 Å². The van der Waals surface area contributed by atoms with Crippen LogP contribution in [0, 0.1) is 0 Å². The number of halogens is 1. The van der Waals surface area contributed by atoms with Crippen molar-refractivity contribution in [2.75, 3.05) is 6.61 Å². The molecule has 2 aliphatic heterocycles. The van der Waals surface area contributed by atoms with Crippen molar-refractivity contribution >= 4 is 21.0 Å². The van der Waals surface area contributed by atoms with Crippen LogP contribution in [0.2, 0.25) is 0 Å². The largest absolute Gasteiger partial charge is 0.491 e. The van der Waals surface area contributed by atoms with E-state index < -0.39 is 0 Å². The summed E-state index contributed by atoms with van der Waals surface area (Å²) >= 11 is -0.0125. The molecular formula is C6H6INO. The van der Waals surface area contributed by atoms with Crippen molar-refractivity contribution in [1.29, 1.82) is 0 Å². The molecule has 0 atom stereocenters. The molecule has 9 heavy (non-hydrogen) atoms. The topological polar surface area (TPSA) is 21.6 Å². The van der Waals surface area contributed by atoms with E-state index in [0.29, 0.717) is 0 Å². The fraction of sp³-hybridized carbons (Fsp3) is 0.333. The van der Waals surface area contributed by atoms with Gasteiger partial charge in [0.1, 0.15) is 5.76 Å². The van der Waals surface area contributed by atoms with Crippen LogP contribution >= 0.6 is 21.0 Å². The van der Waals surface area contributed by atoms with Gasteiger partial charge >= 0.3 is 0 Å². The van der Waals surface area contributed by atoms with Gasteiger partial charge in [-0.05, 0) is 4.08 Å². The van der Waals surface area contributed by atoms with E-state index in [1.54, 1.807) is 0 Å². The van der Waals surface area contributed by atoms with E-state index in [0.717, 1.165) is 18.8 Å². The molecule has 0 bridgehead atoms. The molecule has 0 N–H and O–H groups in total. The molecule has 0 amide bonds. The van der Waals surface area contributed by atoms with Crippen LogP contribution in [0.1, 0.15) is 6.42 Å². The van der Waals surface area contributed by atoms with Crippen LogP contribution in [0.15, 0.2) is 24.8 Å². The summed E-state index contributed by atoms with van der Waals surface area (Å²) < 4.78 is 11.7. The highest BCUT2D eigenvalue weighted by Crippen LogP contribution is 2.30. The Morgan fingerprint density at radius 2 is 2.67 bits per heavy atom. The third-order valence-corrected chi connectivity index (χ3v) is 2.98. The Labute approximate surface area is 63.7 Å². The summed E-state index contributed by atoms with van der Waals surface area (Å²) in [5, 5.41) is 0. The molecule has 2 aliphatic rings. The number of hydrogen-bond acceptors (Lipinski definition) is 2. The lowest BCUT2D eigenvalue weighted by Gasteiger charge is -1.98. The quantitative estimate of drug-likeness (QED) is 0.590. The van der Waals surface area contributed by atoms with Crippen molar-refractivity contribution in [3.63, 3.8) is 0 Å². The van der Waals surface area contributed by atoms with Crippen molar-refractivity contribution in [1.82, 2.24) is 0 Å². The number of hydrogen-bond donors (Lipinski definition) is 0. The fourth-order valence-electron chi connectivity index (χ4n) is 0.875. The van der Waals surface area contributed by atoms with E-state index in [-0.39, 0.29) is 21.0 Å². The van der Waals surface area contributed by atoms with Gasteiger partial charge in [-0.2, -0.15) is 0 Å². The summed E-state index contributed by atoms with van der Waals surface area (Å²) in [5.41, 5.74) is 1.39. The van der Waals surface area contributed by atoms with Crippen LogP contribution in [0.25, 0.3) is 0 Å². The molecule has 0 aromatic rings. The van der Waals surface area contributed by atoms with Crippen molar-refractivity contribution in [3.8, 4) is 0 Å². The minimum atomic E-state index is -0.0125. The summed E-state index contributed by atoms with van der Waals surface area (Å²) in [4.78, 5) is 0. The number of fused-ring (bicyclic) bond motifs is 1. The average Bonchev–Trinajstić information content (AvgIpc) is 2.33. The van der Waals surface area contributed by atoms with Crippen LogP contribution in [0.4, 0.5) is 0 Å². The Bertz CT molecular complexity index is 195. The molecule has 1 fully saturated rings. The molecule has 0 aromatic carbocycles. The molecule has 3 heteroatoms. The summed E-state index contributed by atoms with van der Waals surface area (Å²) in [7, 11) is 0. The van der Waals surface area contributed by atoms with Gasteiger partial charge in [-0.3, -0.25) is 0 Å². The molecule has 1 saturated heterocycles. The molecule has 0 aromatic heterocycles. The van der Waals surface area contributed by atoms with Crippen molar-refractivity contribution in [2.24, 2.45) is 3.15 Å². The first-order chi connectivity index (χ1) is 4.47. The molecule has 48 valence electrons. The number of ether oxygens (including phenoxy) is 1. The van der Waals surface area contributed by atoms with Crippen LogP contribution in [0.3, 0.4) is 0 Å². The van der Waals surface area contributed by atoms with Gasteiger partial charge in [0.25, 0.3) is 0 Å².